The summed E-state index contributed by atoms with van der Waals surface area (Å²) in [7, 11) is 3.18. The number of hydrogen-bond donors (Lipinski definition) is 4. The van der Waals surface area contributed by atoms with Gasteiger partial charge in [-0.05, 0) is 20.3 Å². The molecule has 3 amide bonds. The Morgan fingerprint density at radius 1 is 1.31 bits per heavy atom. The third-order valence-corrected chi connectivity index (χ3v) is 7.61. The Balaban J connectivity index is 1.87. The van der Waals surface area contributed by atoms with E-state index >= 15 is 0 Å². The van der Waals surface area contributed by atoms with E-state index in [-0.39, 0.29) is 35.1 Å². The van der Waals surface area contributed by atoms with Gasteiger partial charge < -0.3 is 30.6 Å². The normalized spacial score (nSPS) is 28.8. The Labute approximate surface area is 190 Å². The number of urea groups is 1. The third kappa shape index (κ3) is 3.96. The molecule has 2 fully saturated rings. The van der Waals surface area contributed by atoms with Crippen molar-refractivity contribution in [1.82, 2.24) is 14.7 Å². The number of hydrogen-bond acceptors (Lipinski definition) is 7. The first-order chi connectivity index (χ1) is 14.9. The van der Waals surface area contributed by atoms with Gasteiger partial charge in [0.15, 0.2) is 0 Å². The molecule has 6 atom stereocenters. The number of aliphatic hydroxyl groups excluding tert-OH is 1. The summed E-state index contributed by atoms with van der Waals surface area (Å²) in [4.78, 5) is 54.0. The van der Waals surface area contributed by atoms with E-state index < -0.39 is 41.9 Å². The first-order valence-corrected chi connectivity index (χ1v) is 11.2. The minimum Gasteiger partial charge on any atom is -0.477 e. The molecule has 0 spiro atoms. The Hall–Kier alpha value is -2.60. The molecule has 11 nitrogen and oxygen atoms in total. The van der Waals surface area contributed by atoms with Crippen LogP contribution in [0.15, 0.2) is 10.6 Å². The van der Waals surface area contributed by atoms with Crippen LogP contribution in [0.1, 0.15) is 26.7 Å². The van der Waals surface area contributed by atoms with Crippen LogP contribution in [-0.4, -0.2) is 98.5 Å². The summed E-state index contributed by atoms with van der Waals surface area (Å²) in [6, 6.07) is -1.33. The second kappa shape index (κ2) is 8.74. The Bertz CT molecular complexity index is 889. The van der Waals surface area contributed by atoms with Crippen LogP contribution < -0.4 is 5.73 Å². The van der Waals surface area contributed by atoms with E-state index in [0.717, 1.165) is 0 Å². The SMILES string of the molecule is CC(=O)C(C(=N)N)[C@@H]1C[C@H](SC2=C(C(=O)O)N3C(=O)[C@H](C(C)O)[C@H]3C2)CN1C(=O)N(C)C. The van der Waals surface area contributed by atoms with Crippen LogP contribution in [0.2, 0.25) is 0 Å². The number of carbonyl (C=O) groups is 4. The highest BCUT2D eigenvalue weighted by Crippen LogP contribution is 2.49. The van der Waals surface area contributed by atoms with E-state index in [1.165, 1.54) is 40.3 Å². The molecule has 3 aliphatic rings. The van der Waals surface area contributed by atoms with Gasteiger partial charge in [0.1, 0.15) is 17.3 Å². The molecule has 0 aliphatic carbocycles. The van der Waals surface area contributed by atoms with Crippen LogP contribution in [0, 0.1) is 17.2 Å². The van der Waals surface area contributed by atoms with Crippen LogP contribution >= 0.6 is 11.8 Å². The molecule has 0 aromatic heterocycles. The number of ketones is 1. The number of rotatable bonds is 7. The van der Waals surface area contributed by atoms with Crippen molar-refractivity contribution < 1.29 is 29.4 Å². The second-order valence-electron chi connectivity index (χ2n) is 8.74. The predicted molar refractivity (Wildman–Crippen MR) is 117 cm³/mol. The second-order valence-corrected chi connectivity index (χ2v) is 10.1. The maximum absolute atomic E-state index is 12.8. The van der Waals surface area contributed by atoms with Gasteiger partial charge in [-0.2, -0.15) is 0 Å². The lowest BCUT2D eigenvalue weighted by Gasteiger charge is -2.44. The van der Waals surface area contributed by atoms with E-state index in [0.29, 0.717) is 17.7 Å². The number of carboxylic acids is 1. The molecule has 5 N–H and O–H groups in total. The maximum atomic E-state index is 12.8. The molecule has 2 unspecified atom stereocenters. The van der Waals surface area contributed by atoms with Gasteiger partial charge in [-0.15, -0.1) is 11.8 Å². The van der Waals surface area contributed by atoms with Crippen molar-refractivity contribution in [3.63, 3.8) is 0 Å². The Kier molecular flexibility index (Phi) is 6.57. The van der Waals surface area contributed by atoms with Crippen LogP contribution in [0.3, 0.4) is 0 Å². The summed E-state index contributed by atoms with van der Waals surface area (Å²) in [5.41, 5.74) is 5.60. The average molecular weight is 468 g/mol. The van der Waals surface area contributed by atoms with Gasteiger partial charge in [0.2, 0.25) is 5.91 Å². The smallest absolute Gasteiger partial charge is 0.353 e. The molecule has 0 aromatic rings. The van der Waals surface area contributed by atoms with E-state index in [9.17, 15) is 29.4 Å². The van der Waals surface area contributed by atoms with Gasteiger partial charge in [0.25, 0.3) is 0 Å². The number of nitrogens with zero attached hydrogens (tertiary/aromatic N) is 3. The van der Waals surface area contributed by atoms with Gasteiger partial charge in [0.05, 0.1) is 30.0 Å². The summed E-state index contributed by atoms with van der Waals surface area (Å²) < 4.78 is 0. The molecule has 3 rings (SSSR count). The highest BCUT2D eigenvalue weighted by atomic mass is 32.2. The van der Waals surface area contributed by atoms with Gasteiger partial charge in [-0.1, -0.05) is 0 Å². The van der Waals surface area contributed by atoms with Crippen LogP contribution in [-0.2, 0) is 14.4 Å². The quantitative estimate of drug-likeness (QED) is 0.228. The maximum Gasteiger partial charge on any atom is 0.353 e. The first kappa shape index (κ1) is 24.1. The molecule has 0 bridgehead atoms. The molecule has 2 saturated heterocycles. The topological polar surface area (TPSA) is 168 Å². The number of carboxylic acid groups (broad SMARTS) is 1. The number of nitrogens with one attached hydrogen (secondary N) is 1. The van der Waals surface area contributed by atoms with Crippen molar-refractivity contribution in [1.29, 1.82) is 5.41 Å². The Morgan fingerprint density at radius 3 is 2.41 bits per heavy atom. The summed E-state index contributed by atoms with van der Waals surface area (Å²) in [5.74, 6) is -3.82. The van der Waals surface area contributed by atoms with Crippen molar-refractivity contribution in [2.24, 2.45) is 17.6 Å². The number of amides is 3. The number of carbonyl (C=O) groups excluding carboxylic acids is 3. The van der Waals surface area contributed by atoms with Gasteiger partial charge in [-0.25, -0.2) is 9.59 Å². The van der Waals surface area contributed by atoms with E-state index in [1.807, 2.05) is 0 Å². The molecular weight excluding hydrogens is 438 g/mol. The highest BCUT2D eigenvalue weighted by Gasteiger charge is 2.57. The lowest BCUT2D eigenvalue weighted by Crippen LogP contribution is -2.61. The molecule has 12 heteroatoms. The van der Waals surface area contributed by atoms with Crippen molar-refractivity contribution in [2.75, 3.05) is 20.6 Å². The fourth-order valence-corrected chi connectivity index (χ4v) is 6.43. The van der Waals surface area contributed by atoms with Gasteiger partial charge >= 0.3 is 12.0 Å². The molecule has 3 heterocycles. The zero-order valence-electron chi connectivity index (χ0n) is 18.4. The van der Waals surface area contributed by atoms with Crippen LogP contribution in [0.25, 0.3) is 0 Å². The van der Waals surface area contributed by atoms with E-state index in [2.05, 4.69) is 0 Å². The predicted octanol–water partition coefficient (Wildman–Crippen LogP) is -0.107. The first-order valence-electron chi connectivity index (χ1n) is 10.3. The third-order valence-electron chi connectivity index (χ3n) is 6.29. The molecular formula is C20H29N5O6S. The lowest BCUT2D eigenvalue weighted by atomic mass is 9.83. The highest BCUT2D eigenvalue weighted by molar-refractivity contribution is 8.03. The number of thioether (sulfide) groups is 1. The van der Waals surface area contributed by atoms with E-state index in [4.69, 9.17) is 11.1 Å². The number of likely N-dealkylation sites (tertiary alicyclic amines) is 1. The summed E-state index contributed by atoms with van der Waals surface area (Å²) in [5, 5.41) is 27.2. The minimum atomic E-state index is -1.21. The fraction of sp³-hybridized carbons (Fsp3) is 0.650. The number of Topliss-reactive ketones (excluding diaryl/α,β-unsaturated/α-hetero) is 1. The molecule has 32 heavy (non-hydrogen) atoms. The zero-order chi connectivity index (χ0) is 24.1. The van der Waals surface area contributed by atoms with Crippen molar-refractivity contribution in [2.45, 2.75) is 50.1 Å². The molecule has 0 aromatic carbocycles. The molecule has 0 saturated carbocycles. The number of fused-ring (bicyclic) bond motifs is 1. The number of nitrogens with two attached hydrogens (primary N) is 1. The summed E-state index contributed by atoms with van der Waals surface area (Å²) in [6.45, 7) is 3.10. The molecule has 0 radical (unpaired) electrons. The zero-order valence-corrected chi connectivity index (χ0v) is 19.3. The summed E-state index contributed by atoms with van der Waals surface area (Å²) in [6.07, 6.45) is -0.207. The fourth-order valence-electron chi connectivity index (χ4n) is 4.94. The minimum absolute atomic E-state index is 0.0782. The number of aliphatic hydroxyl groups is 1. The van der Waals surface area contributed by atoms with Crippen molar-refractivity contribution >= 4 is 41.3 Å². The summed E-state index contributed by atoms with van der Waals surface area (Å²) >= 11 is 1.28. The largest absolute Gasteiger partial charge is 0.477 e. The molecule has 3 aliphatic heterocycles. The van der Waals surface area contributed by atoms with Crippen LogP contribution in [0.5, 0.6) is 0 Å². The standard InChI is InChI=1S/C20H29N5O6S/c1-8(26)14(17(21)22)11-5-10(7-24(11)20(31)23(3)4)32-13-6-12-15(9(2)27)18(28)25(12)16(13)19(29)30/h9-12,14-15,27H,5-7H2,1-4H3,(H3,21,22)(H,29,30)/t9?,10-,11-,12+,14?,15+/m0/s1. The number of amidine groups is 1. The van der Waals surface area contributed by atoms with Crippen molar-refractivity contribution in [3.05, 3.63) is 10.6 Å². The van der Waals surface area contributed by atoms with Crippen molar-refractivity contribution in [3.8, 4) is 0 Å². The lowest BCUT2D eigenvalue weighted by molar-refractivity contribution is -0.161. The number of aliphatic carboxylic acids is 1. The van der Waals surface area contributed by atoms with Gasteiger partial charge in [-0.3, -0.25) is 15.0 Å². The van der Waals surface area contributed by atoms with Crippen LogP contribution in [0.4, 0.5) is 4.79 Å². The average Bonchev–Trinajstić information content (AvgIpc) is 3.19. The molecule has 176 valence electrons. The number of β-lactam (4-membered cyclic amide) rings is 1. The monoisotopic (exact) mass is 467 g/mol. The van der Waals surface area contributed by atoms with E-state index in [1.54, 1.807) is 14.1 Å². The van der Waals surface area contributed by atoms with Gasteiger partial charge in [0, 0.05) is 37.2 Å². The Morgan fingerprint density at radius 2 is 1.94 bits per heavy atom.